The van der Waals surface area contributed by atoms with Gasteiger partial charge in [-0.3, -0.25) is 0 Å². The molecular weight excluding hydrogens is 318 g/mol. The number of benzene rings is 2. The molecule has 1 aliphatic rings. The zero-order chi connectivity index (χ0) is 17.0. The number of aryl methyl sites for hydroxylation is 1. The molecule has 24 heavy (non-hydrogen) atoms. The third kappa shape index (κ3) is 4.18. The van der Waals surface area contributed by atoms with Crippen LogP contribution < -0.4 is 4.90 Å². The number of hydrogen-bond donors (Lipinski definition) is 0. The van der Waals surface area contributed by atoms with E-state index in [4.69, 9.17) is 0 Å². The Morgan fingerprint density at radius 1 is 0.958 bits per heavy atom. The molecule has 1 aliphatic heterocycles. The maximum atomic E-state index is 12.0. The van der Waals surface area contributed by atoms with Crippen molar-refractivity contribution in [2.45, 2.75) is 30.6 Å². The molecule has 0 aromatic heterocycles. The largest absolute Gasteiger partial charge is 0.370 e. The second kappa shape index (κ2) is 7.39. The van der Waals surface area contributed by atoms with E-state index in [1.54, 1.807) is 12.1 Å². The highest BCUT2D eigenvalue weighted by atomic mass is 32.2. The molecule has 0 spiro atoms. The number of hydrogen-bond acceptors (Lipinski definition) is 3. The minimum Gasteiger partial charge on any atom is -0.370 e. The number of piperidine rings is 1. The molecule has 0 atom stereocenters. The van der Waals surface area contributed by atoms with Crippen molar-refractivity contribution < 1.29 is 8.42 Å². The van der Waals surface area contributed by atoms with E-state index in [-0.39, 0.29) is 0 Å². The van der Waals surface area contributed by atoms with Gasteiger partial charge in [-0.2, -0.15) is 0 Å². The first kappa shape index (κ1) is 17.0. The maximum Gasteiger partial charge on any atom is 0.177 e. The fourth-order valence-corrected chi connectivity index (χ4v) is 4.41. The van der Waals surface area contributed by atoms with E-state index >= 15 is 0 Å². The predicted molar refractivity (Wildman–Crippen MR) is 99.3 cm³/mol. The van der Waals surface area contributed by atoms with E-state index in [1.807, 2.05) is 12.1 Å². The Morgan fingerprint density at radius 2 is 1.58 bits per heavy atom. The Labute approximate surface area is 145 Å². The minimum absolute atomic E-state index is 0.452. The van der Waals surface area contributed by atoms with E-state index < -0.39 is 9.84 Å². The second-order valence-electron chi connectivity index (χ2n) is 6.69. The van der Waals surface area contributed by atoms with Crippen molar-refractivity contribution in [1.29, 1.82) is 0 Å². The quantitative estimate of drug-likeness (QED) is 0.825. The van der Waals surface area contributed by atoms with Crippen LogP contribution >= 0.6 is 0 Å². The van der Waals surface area contributed by atoms with Crippen molar-refractivity contribution in [3.05, 3.63) is 60.2 Å². The molecule has 0 radical (unpaired) electrons. The number of sulfone groups is 1. The Bertz CT molecular complexity index is 763. The fourth-order valence-electron chi connectivity index (χ4n) is 3.51. The van der Waals surface area contributed by atoms with Crippen molar-refractivity contribution >= 4 is 15.5 Å². The lowest BCUT2D eigenvalue weighted by molar-refractivity contribution is 0.381. The first-order chi connectivity index (χ1) is 11.5. The van der Waals surface area contributed by atoms with Crippen LogP contribution in [0.4, 0.5) is 5.69 Å². The van der Waals surface area contributed by atoms with Gasteiger partial charge >= 0.3 is 0 Å². The van der Waals surface area contributed by atoms with Crippen molar-refractivity contribution in [2.75, 3.05) is 24.2 Å². The molecule has 0 aliphatic carbocycles. The van der Waals surface area contributed by atoms with Gasteiger partial charge < -0.3 is 4.90 Å². The van der Waals surface area contributed by atoms with Crippen LogP contribution in [-0.4, -0.2) is 27.8 Å². The Hall–Kier alpha value is -1.81. The molecule has 0 amide bonds. The van der Waals surface area contributed by atoms with Gasteiger partial charge in [-0.1, -0.05) is 42.5 Å². The molecule has 0 saturated carbocycles. The molecule has 0 N–H and O–H groups in total. The molecule has 0 bridgehead atoms. The molecule has 3 nitrogen and oxygen atoms in total. The topological polar surface area (TPSA) is 37.4 Å². The van der Waals surface area contributed by atoms with E-state index in [9.17, 15) is 8.42 Å². The van der Waals surface area contributed by atoms with Crippen LogP contribution in [0.15, 0.2) is 59.5 Å². The van der Waals surface area contributed by atoms with Crippen LogP contribution in [0.1, 0.15) is 24.8 Å². The lowest BCUT2D eigenvalue weighted by Crippen LogP contribution is -2.34. The van der Waals surface area contributed by atoms with Crippen molar-refractivity contribution in [2.24, 2.45) is 5.92 Å². The summed E-state index contributed by atoms with van der Waals surface area (Å²) in [5, 5.41) is 0. The molecule has 1 fully saturated rings. The van der Waals surface area contributed by atoms with Gasteiger partial charge in [-0.15, -0.1) is 0 Å². The summed E-state index contributed by atoms with van der Waals surface area (Å²) in [6, 6.07) is 18.0. The SMILES string of the molecule is CS(=O)(=O)c1ccccc1N1CCC(CCc2ccccc2)CC1. The zero-order valence-corrected chi connectivity index (χ0v) is 15.0. The van der Waals surface area contributed by atoms with E-state index in [0.29, 0.717) is 4.90 Å². The van der Waals surface area contributed by atoms with Crippen LogP contribution in [0.25, 0.3) is 0 Å². The summed E-state index contributed by atoms with van der Waals surface area (Å²) in [6.45, 7) is 1.87. The van der Waals surface area contributed by atoms with Crippen LogP contribution in [0.2, 0.25) is 0 Å². The number of para-hydroxylation sites is 1. The summed E-state index contributed by atoms with van der Waals surface area (Å²) in [5.41, 5.74) is 2.27. The van der Waals surface area contributed by atoms with Crippen LogP contribution in [0, 0.1) is 5.92 Å². The maximum absolute atomic E-state index is 12.0. The number of anilines is 1. The summed E-state index contributed by atoms with van der Waals surface area (Å²) in [6.07, 6.45) is 5.89. The monoisotopic (exact) mass is 343 g/mol. The Kier molecular flexibility index (Phi) is 5.24. The molecule has 2 aromatic rings. The zero-order valence-electron chi connectivity index (χ0n) is 14.2. The first-order valence-electron chi connectivity index (χ1n) is 8.62. The minimum atomic E-state index is -3.18. The smallest absolute Gasteiger partial charge is 0.177 e. The molecular formula is C20H25NO2S. The molecule has 4 heteroatoms. The summed E-state index contributed by atoms with van der Waals surface area (Å²) >= 11 is 0. The fraction of sp³-hybridized carbons (Fsp3) is 0.400. The van der Waals surface area contributed by atoms with Gasteiger partial charge in [-0.05, 0) is 49.3 Å². The first-order valence-corrected chi connectivity index (χ1v) is 10.5. The Morgan fingerprint density at radius 3 is 2.25 bits per heavy atom. The normalized spacial score (nSPS) is 16.3. The lowest BCUT2D eigenvalue weighted by atomic mass is 9.90. The molecule has 2 aromatic carbocycles. The van der Waals surface area contributed by atoms with Gasteiger partial charge in [0.05, 0.1) is 10.6 Å². The predicted octanol–water partition coefficient (Wildman–Crippen LogP) is 3.94. The highest BCUT2D eigenvalue weighted by molar-refractivity contribution is 7.90. The van der Waals surface area contributed by atoms with Crippen LogP contribution in [0.3, 0.4) is 0 Å². The highest BCUT2D eigenvalue weighted by Crippen LogP contribution is 2.30. The van der Waals surface area contributed by atoms with Gasteiger partial charge in [0.2, 0.25) is 0 Å². The van der Waals surface area contributed by atoms with Gasteiger partial charge in [0.1, 0.15) is 0 Å². The molecule has 128 valence electrons. The van der Waals surface area contributed by atoms with Crippen LogP contribution in [0.5, 0.6) is 0 Å². The number of rotatable bonds is 5. The third-order valence-corrected chi connectivity index (χ3v) is 6.05. The second-order valence-corrected chi connectivity index (χ2v) is 8.68. The molecule has 0 unspecified atom stereocenters. The third-order valence-electron chi connectivity index (χ3n) is 4.90. The van der Waals surface area contributed by atoms with Gasteiger partial charge in [-0.25, -0.2) is 8.42 Å². The highest BCUT2D eigenvalue weighted by Gasteiger charge is 2.23. The van der Waals surface area contributed by atoms with Crippen molar-refractivity contribution in [3.63, 3.8) is 0 Å². The standard InChI is InChI=1S/C20H25NO2S/c1-24(22,23)20-10-6-5-9-19(20)21-15-13-18(14-16-21)12-11-17-7-3-2-4-8-17/h2-10,18H,11-16H2,1H3. The molecule has 1 heterocycles. The Balaban J connectivity index is 1.60. The van der Waals surface area contributed by atoms with Gasteiger partial charge in [0.15, 0.2) is 9.84 Å². The summed E-state index contributed by atoms with van der Waals surface area (Å²) in [5.74, 6) is 0.729. The average Bonchev–Trinajstić information content (AvgIpc) is 2.61. The average molecular weight is 343 g/mol. The van der Waals surface area contributed by atoms with Crippen molar-refractivity contribution in [1.82, 2.24) is 0 Å². The van der Waals surface area contributed by atoms with E-state index in [0.717, 1.165) is 44.0 Å². The van der Waals surface area contributed by atoms with Gasteiger partial charge in [0, 0.05) is 19.3 Å². The summed E-state index contributed by atoms with van der Waals surface area (Å²) in [4.78, 5) is 2.68. The number of nitrogens with zero attached hydrogens (tertiary/aromatic N) is 1. The molecule has 1 saturated heterocycles. The molecule has 3 rings (SSSR count). The lowest BCUT2D eigenvalue weighted by Gasteiger charge is -2.34. The summed E-state index contributed by atoms with van der Waals surface area (Å²) < 4.78 is 24.0. The van der Waals surface area contributed by atoms with Crippen LogP contribution in [-0.2, 0) is 16.3 Å². The van der Waals surface area contributed by atoms with Gasteiger partial charge in [0.25, 0.3) is 0 Å². The van der Waals surface area contributed by atoms with E-state index in [2.05, 4.69) is 35.2 Å². The summed E-state index contributed by atoms with van der Waals surface area (Å²) in [7, 11) is -3.18. The van der Waals surface area contributed by atoms with E-state index in [1.165, 1.54) is 18.2 Å². The van der Waals surface area contributed by atoms with Crippen molar-refractivity contribution in [3.8, 4) is 0 Å².